The molecule has 1 saturated carbocycles. The third-order valence-corrected chi connectivity index (χ3v) is 5.74. The SMILES string of the molecule is CC1(C)CC2(CCC2)CN1C(=O)c1cc2ccc(Cl)cc2[nH]1. The van der Waals surface area contributed by atoms with Gasteiger partial charge >= 0.3 is 0 Å². The Kier molecular flexibility index (Phi) is 2.90. The summed E-state index contributed by atoms with van der Waals surface area (Å²) in [6, 6.07) is 7.62. The molecule has 2 fully saturated rings. The third kappa shape index (κ3) is 2.06. The number of benzene rings is 1. The Morgan fingerprint density at radius 1 is 1.27 bits per heavy atom. The molecule has 0 unspecified atom stereocenters. The summed E-state index contributed by atoms with van der Waals surface area (Å²) in [4.78, 5) is 18.3. The van der Waals surface area contributed by atoms with Crippen molar-refractivity contribution in [1.29, 1.82) is 0 Å². The second-order valence-electron chi connectivity index (χ2n) is 7.65. The van der Waals surface area contributed by atoms with Crippen LogP contribution in [0.1, 0.15) is 50.0 Å². The minimum Gasteiger partial charge on any atom is -0.350 e. The first-order chi connectivity index (χ1) is 10.4. The van der Waals surface area contributed by atoms with Crippen molar-refractivity contribution in [3.63, 3.8) is 0 Å². The summed E-state index contributed by atoms with van der Waals surface area (Å²) >= 11 is 6.03. The number of aromatic nitrogens is 1. The number of fused-ring (bicyclic) bond motifs is 1. The van der Waals surface area contributed by atoms with Crippen LogP contribution >= 0.6 is 11.6 Å². The fraction of sp³-hybridized carbons (Fsp3) is 0.500. The topological polar surface area (TPSA) is 36.1 Å². The first kappa shape index (κ1) is 14.1. The Morgan fingerprint density at radius 3 is 2.68 bits per heavy atom. The van der Waals surface area contributed by atoms with Gasteiger partial charge in [-0.1, -0.05) is 24.1 Å². The Labute approximate surface area is 135 Å². The second-order valence-corrected chi connectivity index (χ2v) is 8.09. The van der Waals surface area contributed by atoms with E-state index >= 15 is 0 Å². The lowest BCUT2D eigenvalue weighted by Crippen LogP contribution is -2.43. The number of hydrogen-bond acceptors (Lipinski definition) is 1. The molecular weight excluding hydrogens is 296 g/mol. The van der Waals surface area contributed by atoms with Crippen molar-refractivity contribution in [2.45, 2.75) is 45.1 Å². The molecule has 1 aromatic heterocycles. The van der Waals surface area contributed by atoms with E-state index < -0.39 is 0 Å². The Bertz CT molecular complexity index is 758. The average molecular weight is 317 g/mol. The molecule has 2 aromatic rings. The van der Waals surface area contributed by atoms with E-state index in [1.165, 1.54) is 19.3 Å². The van der Waals surface area contributed by atoms with Crippen LogP contribution in [-0.2, 0) is 0 Å². The van der Waals surface area contributed by atoms with Crippen LogP contribution in [0.3, 0.4) is 0 Å². The van der Waals surface area contributed by atoms with Gasteiger partial charge in [-0.25, -0.2) is 0 Å². The number of rotatable bonds is 1. The first-order valence-electron chi connectivity index (χ1n) is 7.99. The second kappa shape index (κ2) is 4.51. The fourth-order valence-corrected chi connectivity index (χ4v) is 4.51. The molecule has 1 aliphatic heterocycles. The predicted octanol–water partition coefficient (Wildman–Crippen LogP) is 4.62. The van der Waals surface area contributed by atoms with E-state index in [1.807, 2.05) is 24.3 Å². The molecule has 4 heteroatoms. The molecule has 2 heterocycles. The van der Waals surface area contributed by atoms with Crippen molar-refractivity contribution in [2.75, 3.05) is 6.54 Å². The smallest absolute Gasteiger partial charge is 0.270 e. The highest BCUT2D eigenvalue weighted by atomic mass is 35.5. The summed E-state index contributed by atoms with van der Waals surface area (Å²) in [6.45, 7) is 5.28. The molecule has 1 amide bonds. The molecule has 1 N–H and O–H groups in total. The molecule has 2 aliphatic rings. The van der Waals surface area contributed by atoms with E-state index in [0.717, 1.165) is 23.9 Å². The quantitative estimate of drug-likeness (QED) is 0.819. The molecule has 1 spiro atoms. The number of aromatic amines is 1. The molecule has 1 aliphatic carbocycles. The minimum atomic E-state index is -0.0631. The highest BCUT2D eigenvalue weighted by molar-refractivity contribution is 6.31. The zero-order valence-electron chi connectivity index (χ0n) is 13.1. The van der Waals surface area contributed by atoms with E-state index in [4.69, 9.17) is 11.6 Å². The lowest BCUT2D eigenvalue weighted by molar-refractivity contribution is 0.0623. The van der Waals surface area contributed by atoms with E-state index in [1.54, 1.807) is 0 Å². The number of nitrogens with one attached hydrogen (secondary N) is 1. The van der Waals surface area contributed by atoms with Crippen molar-refractivity contribution in [3.05, 3.63) is 35.0 Å². The van der Waals surface area contributed by atoms with Gasteiger partial charge in [-0.3, -0.25) is 4.79 Å². The molecular formula is C18H21ClN2O. The van der Waals surface area contributed by atoms with Gasteiger partial charge in [0.2, 0.25) is 0 Å². The number of hydrogen-bond donors (Lipinski definition) is 1. The number of H-pyrrole nitrogens is 1. The van der Waals surface area contributed by atoms with Gasteiger partial charge in [0, 0.05) is 28.0 Å². The molecule has 4 rings (SSSR count). The van der Waals surface area contributed by atoms with Gasteiger partial charge in [0.1, 0.15) is 5.69 Å². The van der Waals surface area contributed by atoms with Crippen molar-refractivity contribution in [1.82, 2.24) is 9.88 Å². The zero-order chi connectivity index (χ0) is 15.5. The Morgan fingerprint density at radius 2 is 2.05 bits per heavy atom. The van der Waals surface area contributed by atoms with Crippen LogP contribution in [0.15, 0.2) is 24.3 Å². The van der Waals surface area contributed by atoms with Crippen molar-refractivity contribution in [2.24, 2.45) is 5.41 Å². The zero-order valence-corrected chi connectivity index (χ0v) is 13.8. The van der Waals surface area contributed by atoms with Crippen molar-refractivity contribution >= 4 is 28.4 Å². The number of nitrogens with zero attached hydrogens (tertiary/aromatic N) is 1. The molecule has 22 heavy (non-hydrogen) atoms. The highest BCUT2D eigenvalue weighted by Gasteiger charge is 2.52. The van der Waals surface area contributed by atoms with Crippen LogP contribution < -0.4 is 0 Å². The molecule has 1 aromatic carbocycles. The van der Waals surface area contributed by atoms with E-state index in [0.29, 0.717) is 16.1 Å². The molecule has 1 saturated heterocycles. The van der Waals surface area contributed by atoms with Gasteiger partial charge in [-0.05, 0) is 56.7 Å². The lowest BCUT2D eigenvalue weighted by Gasteiger charge is -2.38. The van der Waals surface area contributed by atoms with Crippen molar-refractivity contribution < 1.29 is 4.79 Å². The monoisotopic (exact) mass is 316 g/mol. The summed E-state index contributed by atoms with van der Waals surface area (Å²) in [5.74, 6) is 0.112. The Balaban J connectivity index is 1.67. The standard InChI is InChI=1S/C18H21ClN2O/c1-17(2)10-18(6-3-7-18)11-21(17)16(22)15-8-12-4-5-13(19)9-14(12)20-15/h4-5,8-9,20H,3,6-7,10-11H2,1-2H3. The summed E-state index contributed by atoms with van der Waals surface area (Å²) in [7, 11) is 0. The minimum absolute atomic E-state index is 0.0631. The van der Waals surface area contributed by atoms with Crippen LogP contribution in [0.25, 0.3) is 10.9 Å². The van der Waals surface area contributed by atoms with Crippen LogP contribution in [-0.4, -0.2) is 27.9 Å². The number of carbonyl (C=O) groups is 1. The average Bonchev–Trinajstić information content (AvgIpc) is 2.95. The van der Waals surface area contributed by atoms with Crippen LogP contribution in [0.2, 0.25) is 5.02 Å². The van der Waals surface area contributed by atoms with Gasteiger partial charge < -0.3 is 9.88 Å². The molecule has 116 valence electrons. The van der Waals surface area contributed by atoms with Crippen molar-refractivity contribution in [3.8, 4) is 0 Å². The van der Waals surface area contributed by atoms with E-state index in [2.05, 4.69) is 23.7 Å². The summed E-state index contributed by atoms with van der Waals surface area (Å²) in [6.07, 6.45) is 4.96. The predicted molar refractivity (Wildman–Crippen MR) is 89.3 cm³/mol. The summed E-state index contributed by atoms with van der Waals surface area (Å²) < 4.78 is 0. The van der Waals surface area contributed by atoms with E-state index in [9.17, 15) is 4.79 Å². The maximum absolute atomic E-state index is 13.0. The molecule has 0 bridgehead atoms. The number of halogens is 1. The van der Waals surface area contributed by atoms with Crippen LogP contribution in [0.5, 0.6) is 0 Å². The number of amides is 1. The van der Waals surface area contributed by atoms with Gasteiger partial charge in [-0.15, -0.1) is 0 Å². The normalized spacial score (nSPS) is 22.2. The Hall–Kier alpha value is -1.48. The van der Waals surface area contributed by atoms with Crippen LogP contribution in [0.4, 0.5) is 0 Å². The van der Waals surface area contributed by atoms with Gasteiger partial charge in [0.25, 0.3) is 5.91 Å². The molecule has 0 radical (unpaired) electrons. The summed E-state index contributed by atoms with van der Waals surface area (Å²) in [5.41, 5.74) is 1.91. The van der Waals surface area contributed by atoms with E-state index in [-0.39, 0.29) is 11.4 Å². The fourth-order valence-electron chi connectivity index (χ4n) is 4.34. The number of likely N-dealkylation sites (tertiary alicyclic amines) is 1. The van der Waals surface area contributed by atoms with Gasteiger partial charge in [0.15, 0.2) is 0 Å². The highest BCUT2D eigenvalue weighted by Crippen LogP contribution is 2.53. The van der Waals surface area contributed by atoms with Gasteiger partial charge in [-0.2, -0.15) is 0 Å². The molecule has 3 nitrogen and oxygen atoms in total. The third-order valence-electron chi connectivity index (χ3n) is 5.51. The number of carbonyl (C=O) groups excluding carboxylic acids is 1. The maximum Gasteiger partial charge on any atom is 0.270 e. The van der Waals surface area contributed by atoms with Gasteiger partial charge in [0.05, 0.1) is 0 Å². The summed E-state index contributed by atoms with van der Waals surface area (Å²) in [5, 5.41) is 1.71. The maximum atomic E-state index is 13.0. The van der Waals surface area contributed by atoms with Crippen LogP contribution in [0, 0.1) is 5.41 Å². The molecule has 0 atom stereocenters. The largest absolute Gasteiger partial charge is 0.350 e. The first-order valence-corrected chi connectivity index (χ1v) is 8.37. The lowest BCUT2D eigenvalue weighted by atomic mass is 9.66.